The quantitative estimate of drug-likeness (QED) is 0.799. The first-order chi connectivity index (χ1) is 10.6. The average molecular weight is 373 g/mol. The molecule has 0 unspecified atom stereocenters. The normalized spacial score (nSPS) is 12.4. The number of carbonyl (C=O) groups is 1. The first kappa shape index (κ1) is 19.7. The zero-order valence-electron chi connectivity index (χ0n) is 12.2. The smallest absolute Gasteiger partial charge is 0.346 e. The van der Waals surface area contributed by atoms with Crippen molar-refractivity contribution < 1.29 is 26.4 Å². The van der Waals surface area contributed by atoms with E-state index in [0.29, 0.717) is 11.4 Å². The molecule has 0 aliphatic rings. The van der Waals surface area contributed by atoms with Gasteiger partial charge in [0.25, 0.3) is 0 Å². The Balaban J connectivity index is 2.88. The van der Waals surface area contributed by atoms with Crippen molar-refractivity contribution in [1.82, 2.24) is 9.62 Å². The first-order valence-electron chi connectivity index (χ1n) is 6.65. The predicted molar refractivity (Wildman–Crippen MR) is 79.6 cm³/mol. The van der Waals surface area contributed by atoms with Gasteiger partial charge < -0.3 is 5.32 Å². The minimum atomic E-state index is -4.56. The molecule has 1 rings (SSSR count). The maximum Gasteiger partial charge on any atom is 0.405 e. The van der Waals surface area contributed by atoms with Crippen LogP contribution in [0.3, 0.4) is 0 Å². The van der Waals surface area contributed by atoms with Crippen LogP contribution in [0.25, 0.3) is 0 Å². The van der Waals surface area contributed by atoms with Gasteiger partial charge in [-0.25, -0.2) is 8.42 Å². The molecule has 0 aliphatic heterocycles. The van der Waals surface area contributed by atoms with E-state index >= 15 is 0 Å². The van der Waals surface area contributed by atoms with Crippen LogP contribution in [-0.4, -0.2) is 44.4 Å². The summed E-state index contributed by atoms with van der Waals surface area (Å²) in [6, 6.07) is 5.30. The Morgan fingerprint density at radius 3 is 2.30 bits per heavy atom. The van der Waals surface area contributed by atoms with E-state index in [-0.39, 0.29) is 11.4 Å². The van der Waals surface area contributed by atoms with Crippen LogP contribution in [0.5, 0.6) is 0 Å². The van der Waals surface area contributed by atoms with E-state index in [9.17, 15) is 26.4 Å². The van der Waals surface area contributed by atoms with Crippen molar-refractivity contribution in [2.45, 2.75) is 24.4 Å². The highest BCUT2D eigenvalue weighted by Gasteiger charge is 2.30. The number of nitrogens with one attached hydrogen (secondary N) is 1. The van der Waals surface area contributed by atoms with Gasteiger partial charge in [0.15, 0.2) is 0 Å². The molecule has 0 saturated heterocycles. The Morgan fingerprint density at radius 1 is 1.26 bits per heavy atom. The van der Waals surface area contributed by atoms with Crippen LogP contribution in [0, 0.1) is 0 Å². The zero-order chi connectivity index (χ0) is 17.7. The number of sulfonamides is 1. The van der Waals surface area contributed by atoms with Gasteiger partial charge in [0, 0.05) is 11.6 Å². The molecule has 0 aliphatic carbocycles. The van der Waals surface area contributed by atoms with E-state index in [1.165, 1.54) is 24.3 Å². The molecule has 0 heterocycles. The molecule has 5 nitrogen and oxygen atoms in total. The van der Waals surface area contributed by atoms with E-state index in [1.807, 2.05) is 0 Å². The molecule has 0 radical (unpaired) electrons. The molecule has 0 aromatic heterocycles. The molecule has 0 spiro atoms. The summed E-state index contributed by atoms with van der Waals surface area (Å²) in [5, 5.41) is 1.99. The lowest BCUT2D eigenvalue weighted by Crippen LogP contribution is -2.43. The number of hydrogen-bond acceptors (Lipinski definition) is 3. The summed E-state index contributed by atoms with van der Waals surface area (Å²) in [7, 11) is -4.00. The topological polar surface area (TPSA) is 66.5 Å². The Hall–Kier alpha value is -1.32. The summed E-state index contributed by atoms with van der Waals surface area (Å²) in [5.74, 6) is -1.02. The van der Waals surface area contributed by atoms with E-state index in [0.717, 1.165) is 4.31 Å². The van der Waals surface area contributed by atoms with Crippen molar-refractivity contribution in [3.05, 3.63) is 29.3 Å². The molecule has 130 valence electrons. The zero-order valence-corrected chi connectivity index (χ0v) is 13.8. The maximum absolute atomic E-state index is 12.5. The highest BCUT2D eigenvalue weighted by molar-refractivity contribution is 7.89. The van der Waals surface area contributed by atoms with E-state index in [1.54, 1.807) is 12.2 Å². The molecule has 1 N–H and O–H groups in total. The number of benzene rings is 1. The molecule has 0 fully saturated rings. The van der Waals surface area contributed by atoms with Crippen LogP contribution in [-0.2, 0) is 14.8 Å². The minimum Gasteiger partial charge on any atom is -0.346 e. The van der Waals surface area contributed by atoms with Gasteiger partial charge in [-0.05, 0) is 30.7 Å². The summed E-state index contributed by atoms with van der Waals surface area (Å²) in [4.78, 5) is 11.5. The van der Waals surface area contributed by atoms with Gasteiger partial charge in [-0.1, -0.05) is 18.5 Å². The predicted octanol–water partition coefficient (Wildman–Crippen LogP) is 2.42. The van der Waals surface area contributed by atoms with Gasteiger partial charge in [0.1, 0.15) is 6.54 Å². The summed E-state index contributed by atoms with van der Waals surface area (Å²) >= 11 is 5.69. The summed E-state index contributed by atoms with van der Waals surface area (Å²) < 4.78 is 62.0. The molecule has 1 amide bonds. The maximum atomic E-state index is 12.5. The Morgan fingerprint density at radius 2 is 1.83 bits per heavy atom. The second kappa shape index (κ2) is 7.98. The number of hydrogen-bond donors (Lipinski definition) is 1. The molecule has 10 heteroatoms. The second-order valence-corrected chi connectivity index (χ2v) is 7.06. The highest BCUT2D eigenvalue weighted by Crippen LogP contribution is 2.19. The molecule has 1 aromatic rings. The Labute approximate surface area is 137 Å². The monoisotopic (exact) mass is 372 g/mol. The fourth-order valence-corrected chi connectivity index (χ4v) is 3.32. The Bertz CT molecular complexity index is 633. The molecule has 0 saturated carbocycles. The third kappa shape index (κ3) is 6.36. The number of alkyl halides is 3. The van der Waals surface area contributed by atoms with Crippen LogP contribution in [0.2, 0.25) is 5.02 Å². The molecule has 0 bridgehead atoms. The molecule has 0 atom stereocenters. The number of rotatable bonds is 7. The van der Waals surface area contributed by atoms with E-state index < -0.39 is 35.2 Å². The third-order valence-corrected chi connectivity index (χ3v) is 4.84. The molecule has 23 heavy (non-hydrogen) atoms. The summed E-state index contributed by atoms with van der Waals surface area (Å²) in [6.45, 7) is -0.496. The average Bonchev–Trinajstić information content (AvgIpc) is 2.44. The lowest BCUT2D eigenvalue weighted by Gasteiger charge is -2.21. The van der Waals surface area contributed by atoms with Crippen molar-refractivity contribution in [1.29, 1.82) is 0 Å². The van der Waals surface area contributed by atoms with Crippen LogP contribution < -0.4 is 5.32 Å². The van der Waals surface area contributed by atoms with E-state index in [2.05, 4.69) is 0 Å². The SMILES string of the molecule is CCCN(CC(=O)NCC(F)(F)F)S(=O)(=O)c1ccc(Cl)cc1. The summed E-state index contributed by atoms with van der Waals surface area (Å²) in [5.41, 5.74) is 0. The lowest BCUT2D eigenvalue weighted by molar-refractivity contribution is -0.138. The lowest BCUT2D eigenvalue weighted by atomic mass is 10.4. The van der Waals surface area contributed by atoms with Crippen LogP contribution >= 0.6 is 11.6 Å². The van der Waals surface area contributed by atoms with Crippen molar-refractivity contribution >= 4 is 27.5 Å². The third-order valence-electron chi connectivity index (χ3n) is 2.73. The van der Waals surface area contributed by atoms with Gasteiger partial charge in [-0.15, -0.1) is 0 Å². The molecule has 1 aromatic carbocycles. The molecular weight excluding hydrogens is 357 g/mol. The number of halogens is 4. The van der Waals surface area contributed by atoms with E-state index in [4.69, 9.17) is 11.6 Å². The van der Waals surface area contributed by atoms with Gasteiger partial charge in [0.05, 0.1) is 11.4 Å². The van der Waals surface area contributed by atoms with Gasteiger partial charge >= 0.3 is 6.18 Å². The number of amides is 1. The van der Waals surface area contributed by atoms with Gasteiger partial charge in [0.2, 0.25) is 15.9 Å². The van der Waals surface area contributed by atoms with Crippen LogP contribution in [0.1, 0.15) is 13.3 Å². The van der Waals surface area contributed by atoms with Crippen molar-refractivity contribution in [2.24, 2.45) is 0 Å². The van der Waals surface area contributed by atoms with Gasteiger partial charge in [-0.3, -0.25) is 4.79 Å². The highest BCUT2D eigenvalue weighted by atomic mass is 35.5. The van der Waals surface area contributed by atoms with Crippen LogP contribution in [0.4, 0.5) is 13.2 Å². The standard InChI is InChI=1S/C13H16ClF3N2O3S/c1-2-7-19(8-12(20)18-9-13(15,16)17)23(21,22)11-5-3-10(14)4-6-11/h3-6H,2,7-9H2,1H3,(H,18,20). The largest absolute Gasteiger partial charge is 0.405 e. The fourth-order valence-electron chi connectivity index (χ4n) is 1.70. The number of nitrogens with zero attached hydrogens (tertiary/aromatic N) is 1. The Kier molecular flexibility index (Phi) is 6.84. The van der Waals surface area contributed by atoms with Crippen molar-refractivity contribution in [3.63, 3.8) is 0 Å². The first-order valence-corrected chi connectivity index (χ1v) is 8.47. The fraction of sp³-hybridized carbons (Fsp3) is 0.462. The summed E-state index contributed by atoms with van der Waals surface area (Å²) in [6.07, 6.45) is -4.15. The number of carbonyl (C=O) groups excluding carboxylic acids is 1. The van der Waals surface area contributed by atoms with Crippen molar-refractivity contribution in [2.75, 3.05) is 19.6 Å². The minimum absolute atomic E-state index is 0.00436. The van der Waals surface area contributed by atoms with Gasteiger partial charge in [-0.2, -0.15) is 17.5 Å². The van der Waals surface area contributed by atoms with Crippen molar-refractivity contribution in [3.8, 4) is 0 Å². The van der Waals surface area contributed by atoms with Crippen LogP contribution in [0.15, 0.2) is 29.2 Å². The molecular formula is C13H16ClF3N2O3S. The second-order valence-electron chi connectivity index (χ2n) is 4.68.